The van der Waals surface area contributed by atoms with Gasteiger partial charge in [-0.2, -0.15) is 0 Å². The maximum absolute atomic E-state index is 5.76. The van der Waals surface area contributed by atoms with Crippen LogP contribution in [0.25, 0.3) is 11.1 Å². The molecule has 0 fully saturated rings. The molecule has 0 spiro atoms. The van der Waals surface area contributed by atoms with Crippen LogP contribution >= 0.6 is 0 Å². The third-order valence-electron chi connectivity index (χ3n) is 3.96. The second-order valence-corrected chi connectivity index (χ2v) is 6.91. The lowest BCUT2D eigenvalue weighted by Crippen LogP contribution is -2.10. The fourth-order valence-corrected chi connectivity index (χ4v) is 2.45. The van der Waals surface area contributed by atoms with Crippen molar-refractivity contribution in [1.82, 2.24) is 0 Å². The van der Waals surface area contributed by atoms with Gasteiger partial charge in [0, 0.05) is 0 Å². The summed E-state index contributed by atoms with van der Waals surface area (Å²) in [7, 11) is 0. The van der Waals surface area contributed by atoms with Crippen LogP contribution in [0.4, 0.5) is 0 Å². The van der Waals surface area contributed by atoms with E-state index in [0.717, 1.165) is 18.8 Å². The van der Waals surface area contributed by atoms with Crippen molar-refractivity contribution < 1.29 is 4.74 Å². The smallest absolute Gasteiger partial charge is 0.119 e. The summed E-state index contributed by atoms with van der Waals surface area (Å²) in [4.78, 5) is 0. The van der Waals surface area contributed by atoms with E-state index in [0.29, 0.717) is 0 Å². The SMILES string of the molecule is CCCCCOc1ccc(-c2ccc(C(C)(C)C)cc2)cc1. The van der Waals surface area contributed by atoms with Crippen molar-refractivity contribution in [3.05, 3.63) is 54.1 Å². The second-order valence-electron chi connectivity index (χ2n) is 6.91. The number of hydrogen-bond donors (Lipinski definition) is 0. The Balaban J connectivity index is 2.01. The van der Waals surface area contributed by atoms with Gasteiger partial charge in [0.05, 0.1) is 6.61 Å². The molecule has 0 atom stereocenters. The molecule has 0 aliphatic carbocycles. The van der Waals surface area contributed by atoms with E-state index in [1.807, 2.05) is 0 Å². The van der Waals surface area contributed by atoms with E-state index in [1.54, 1.807) is 0 Å². The summed E-state index contributed by atoms with van der Waals surface area (Å²) < 4.78 is 5.76. The Labute approximate surface area is 135 Å². The zero-order chi connectivity index (χ0) is 16.0. The Kier molecular flexibility index (Phi) is 5.65. The van der Waals surface area contributed by atoms with Gasteiger partial charge in [-0.3, -0.25) is 0 Å². The average Bonchev–Trinajstić information content (AvgIpc) is 2.51. The van der Waals surface area contributed by atoms with Gasteiger partial charge in [0.1, 0.15) is 5.75 Å². The van der Waals surface area contributed by atoms with E-state index in [1.165, 1.54) is 29.5 Å². The van der Waals surface area contributed by atoms with Gasteiger partial charge >= 0.3 is 0 Å². The molecular weight excluding hydrogens is 268 g/mol. The van der Waals surface area contributed by atoms with Crippen LogP contribution in [0.3, 0.4) is 0 Å². The molecule has 1 nitrogen and oxygen atoms in total. The van der Waals surface area contributed by atoms with Gasteiger partial charge in [0.15, 0.2) is 0 Å². The summed E-state index contributed by atoms with van der Waals surface area (Å²) in [5, 5.41) is 0. The summed E-state index contributed by atoms with van der Waals surface area (Å²) in [5.74, 6) is 0.964. The molecular formula is C21H28O. The molecule has 0 aromatic heterocycles. The maximum atomic E-state index is 5.76. The van der Waals surface area contributed by atoms with Crippen LogP contribution in [0.2, 0.25) is 0 Å². The molecule has 0 aliphatic rings. The summed E-state index contributed by atoms with van der Waals surface area (Å²) in [6.45, 7) is 9.75. The van der Waals surface area contributed by atoms with Crippen molar-refractivity contribution in [2.75, 3.05) is 6.61 Å². The Morgan fingerprint density at radius 2 is 1.32 bits per heavy atom. The van der Waals surface area contributed by atoms with Gasteiger partial charge in [-0.05, 0) is 40.7 Å². The van der Waals surface area contributed by atoms with Crippen molar-refractivity contribution in [3.8, 4) is 16.9 Å². The third kappa shape index (κ3) is 4.62. The highest BCUT2D eigenvalue weighted by Crippen LogP contribution is 2.27. The summed E-state index contributed by atoms with van der Waals surface area (Å²) in [5.41, 5.74) is 4.06. The normalized spacial score (nSPS) is 11.5. The lowest BCUT2D eigenvalue weighted by Gasteiger charge is -2.19. The first-order valence-electron chi connectivity index (χ1n) is 8.34. The van der Waals surface area contributed by atoms with Gasteiger partial charge in [-0.1, -0.05) is 76.9 Å². The van der Waals surface area contributed by atoms with Crippen molar-refractivity contribution in [3.63, 3.8) is 0 Å². The third-order valence-corrected chi connectivity index (χ3v) is 3.96. The fourth-order valence-electron chi connectivity index (χ4n) is 2.45. The monoisotopic (exact) mass is 296 g/mol. The summed E-state index contributed by atoms with van der Waals surface area (Å²) in [6.07, 6.45) is 3.59. The predicted octanol–water partition coefficient (Wildman–Crippen LogP) is 6.22. The molecule has 0 unspecified atom stereocenters. The molecule has 1 heteroatoms. The highest BCUT2D eigenvalue weighted by Gasteiger charge is 2.12. The summed E-state index contributed by atoms with van der Waals surface area (Å²) in [6, 6.07) is 17.3. The fraction of sp³-hybridized carbons (Fsp3) is 0.429. The van der Waals surface area contributed by atoms with Crippen molar-refractivity contribution in [2.45, 2.75) is 52.4 Å². The second kappa shape index (κ2) is 7.49. The van der Waals surface area contributed by atoms with Gasteiger partial charge in [-0.15, -0.1) is 0 Å². The predicted molar refractivity (Wildman–Crippen MR) is 95.6 cm³/mol. The average molecular weight is 296 g/mol. The molecule has 0 saturated heterocycles. The number of rotatable bonds is 6. The molecule has 0 bridgehead atoms. The lowest BCUT2D eigenvalue weighted by atomic mass is 9.86. The molecule has 2 aromatic carbocycles. The van der Waals surface area contributed by atoms with E-state index in [9.17, 15) is 0 Å². The van der Waals surface area contributed by atoms with E-state index in [2.05, 4.69) is 76.2 Å². The molecule has 0 aliphatic heterocycles. The molecule has 118 valence electrons. The van der Waals surface area contributed by atoms with Crippen LogP contribution < -0.4 is 4.74 Å². The molecule has 2 rings (SSSR count). The first kappa shape index (κ1) is 16.6. The van der Waals surface area contributed by atoms with Crippen LogP contribution in [0.15, 0.2) is 48.5 Å². The zero-order valence-corrected chi connectivity index (χ0v) is 14.4. The van der Waals surface area contributed by atoms with Gasteiger partial charge < -0.3 is 4.74 Å². The standard InChI is InChI=1S/C21H28O/c1-5-6-7-16-22-20-14-10-18(11-15-20)17-8-12-19(13-9-17)21(2,3)4/h8-15H,5-7,16H2,1-4H3. The Bertz CT molecular complexity index is 558. The number of unbranched alkanes of at least 4 members (excludes halogenated alkanes) is 2. The van der Waals surface area contributed by atoms with Crippen LogP contribution in [0.1, 0.15) is 52.5 Å². The lowest BCUT2D eigenvalue weighted by molar-refractivity contribution is 0.306. The number of hydrogen-bond acceptors (Lipinski definition) is 1. The van der Waals surface area contributed by atoms with E-state index < -0.39 is 0 Å². The minimum absolute atomic E-state index is 0.203. The molecule has 0 amide bonds. The number of benzene rings is 2. The van der Waals surface area contributed by atoms with Crippen LogP contribution in [0, 0.1) is 0 Å². The Morgan fingerprint density at radius 3 is 1.82 bits per heavy atom. The van der Waals surface area contributed by atoms with E-state index in [-0.39, 0.29) is 5.41 Å². The van der Waals surface area contributed by atoms with Crippen LogP contribution in [-0.2, 0) is 5.41 Å². The van der Waals surface area contributed by atoms with E-state index in [4.69, 9.17) is 4.74 Å². The largest absolute Gasteiger partial charge is 0.494 e. The minimum Gasteiger partial charge on any atom is -0.494 e. The van der Waals surface area contributed by atoms with E-state index >= 15 is 0 Å². The van der Waals surface area contributed by atoms with Crippen molar-refractivity contribution in [2.24, 2.45) is 0 Å². The summed E-state index contributed by atoms with van der Waals surface area (Å²) >= 11 is 0. The van der Waals surface area contributed by atoms with Gasteiger partial charge in [0.25, 0.3) is 0 Å². The molecule has 0 N–H and O–H groups in total. The number of ether oxygens (including phenoxy) is 1. The van der Waals surface area contributed by atoms with Crippen LogP contribution in [0.5, 0.6) is 5.75 Å². The highest BCUT2D eigenvalue weighted by atomic mass is 16.5. The highest BCUT2D eigenvalue weighted by molar-refractivity contribution is 5.64. The topological polar surface area (TPSA) is 9.23 Å². The minimum atomic E-state index is 0.203. The molecule has 22 heavy (non-hydrogen) atoms. The van der Waals surface area contributed by atoms with Crippen molar-refractivity contribution in [1.29, 1.82) is 0 Å². The molecule has 0 saturated carbocycles. The maximum Gasteiger partial charge on any atom is 0.119 e. The first-order valence-corrected chi connectivity index (χ1v) is 8.34. The first-order chi connectivity index (χ1) is 10.5. The van der Waals surface area contributed by atoms with Crippen molar-refractivity contribution >= 4 is 0 Å². The molecule has 0 heterocycles. The van der Waals surface area contributed by atoms with Gasteiger partial charge in [0.2, 0.25) is 0 Å². The molecule has 0 radical (unpaired) electrons. The Morgan fingerprint density at radius 1 is 0.773 bits per heavy atom. The molecule has 2 aromatic rings. The zero-order valence-electron chi connectivity index (χ0n) is 14.4. The van der Waals surface area contributed by atoms with Crippen LogP contribution in [-0.4, -0.2) is 6.61 Å². The Hall–Kier alpha value is -1.76. The quantitative estimate of drug-likeness (QED) is 0.575. The van der Waals surface area contributed by atoms with Gasteiger partial charge in [-0.25, -0.2) is 0 Å².